The summed E-state index contributed by atoms with van der Waals surface area (Å²) in [6, 6.07) is -0.156. The molecule has 1 heterocycles. The average molecular weight is 294 g/mol. The van der Waals surface area contributed by atoms with Crippen LogP contribution in [0.2, 0.25) is 0 Å². The van der Waals surface area contributed by atoms with Crippen LogP contribution in [0.15, 0.2) is 6.20 Å². The van der Waals surface area contributed by atoms with Gasteiger partial charge in [0.2, 0.25) is 0 Å². The van der Waals surface area contributed by atoms with Gasteiger partial charge >= 0.3 is 12.0 Å². The molecule has 3 N–H and O–H groups in total. The molecule has 1 aromatic rings. The fourth-order valence-corrected chi connectivity index (χ4v) is 2.56. The summed E-state index contributed by atoms with van der Waals surface area (Å²) >= 11 is 0. The predicted octanol–water partition coefficient (Wildman–Crippen LogP) is 1.78. The van der Waals surface area contributed by atoms with Gasteiger partial charge in [0.25, 0.3) is 0 Å². The van der Waals surface area contributed by atoms with E-state index in [1.54, 1.807) is 11.9 Å². The average Bonchev–Trinajstić information content (AvgIpc) is 2.82. The Kier molecular flexibility index (Phi) is 4.20. The van der Waals surface area contributed by atoms with E-state index < -0.39 is 11.5 Å². The number of carboxylic acid groups (broad SMARTS) is 1. The maximum absolute atomic E-state index is 12.3. The standard InChI is InChI=1S/C14H22N4O3/c1-9(2)8-18(3)13(21)17-14(5-4-6-14)12-15-7-10(16-12)11(19)20/h7,9H,4-6,8H2,1-3H3,(H,15,16)(H,17,21)(H,19,20). The maximum Gasteiger partial charge on any atom is 0.353 e. The summed E-state index contributed by atoms with van der Waals surface area (Å²) in [5.41, 5.74) is -0.517. The van der Waals surface area contributed by atoms with Gasteiger partial charge in [0, 0.05) is 13.6 Å². The molecule has 0 saturated heterocycles. The molecule has 0 radical (unpaired) electrons. The zero-order chi connectivity index (χ0) is 15.6. The highest BCUT2D eigenvalue weighted by Crippen LogP contribution is 2.39. The minimum atomic E-state index is -1.05. The van der Waals surface area contributed by atoms with Crippen LogP contribution in [0.25, 0.3) is 0 Å². The second kappa shape index (κ2) is 5.75. The van der Waals surface area contributed by atoms with E-state index in [0.29, 0.717) is 18.3 Å². The highest BCUT2D eigenvalue weighted by Gasteiger charge is 2.43. The van der Waals surface area contributed by atoms with Crippen LogP contribution in [0.1, 0.15) is 49.4 Å². The van der Waals surface area contributed by atoms with E-state index in [2.05, 4.69) is 29.1 Å². The summed E-state index contributed by atoms with van der Waals surface area (Å²) in [4.78, 5) is 31.8. The second-order valence-electron chi connectivity index (χ2n) is 6.09. The maximum atomic E-state index is 12.3. The number of carbonyl (C=O) groups is 2. The Balaban J connectivity index is 2.10. The number of hydrogen-bond donors (Lipinski definition) is 3. The minimum absolute atomic E-state index is 0.0426. The molecule has 0 aliphatic heterocycles. The molecule has 1 fully saturated rings. The fourth-order valence-electron chi connectivity index (χ4n) is 2.56. The number of aromatic amines is 1. The molecule has 1 aliphatic rings. The summed E-state index contributed by atoms with van der Waals surface area (Å²) in [5.74, 6) is -0.135. The van der Waals surface area contributed by atoms with Crippen LogP contribution in [-0.2, 0) is 5.54 Å². The van der Waals surface area contributed by atoms with Crippen LogP contribution in [0, 0.1) is 5.92 Å². The van der Waals surface area contributed by atoms with Crippen molar-refractivity contribution >= 4 is 12.0 Å². The van der Waals surface area contributed by atoms with Gasteiger partial charge in [-0.25, -0.2) is 14.6 Å². The summed E-state index contributed by atoms with van der Waals surface area (Å²) in [6.07, 6.45) is 3.81. The van der Waals surface area contributed by atoms with Gasteiger partial charge in [0.05, 0.1) is 11.7 Å². The molecule has 7 nitrogen and oxygen atoms in total. The third-order valence-electron chi connectivity index (χ3n) is 3.80. The molecule has 1 aromatic heterocycles. The molecular formula is C14H22N4O3. The van der Waals surface area contributed by atoms with Crippen LogP contribution in [-0.4, -0.2) is 45.6 Å². The van der Waals surface area contributed by atoms with Gasteiger partial charge in [-0.2, -0.15) is 0 Å². The number of aromatic nitrogens is 2. The van der Waals surface area contributed by atoms with Crippen molar-refractivity contribution in [3.63, 3.8) is 0 Å². The quantitative estimate of drug-likeness (QED) is 0.771. The van der Waals surface area contributed by atoms with E-state index in [4.69, 9.17) is 5.11 Å². The zero-order valence-electron chi connectivity index (χ0n) is 12.6. The molecule has 0 bridgehead atoms. The Labute approximate surface area is 123 Å². The van der Waals surface area contributed by atoms with Crippen molar-refractivity contribution in [3.05, 3.63) is 17.7 Å². The molecule has 2 rings (SSSR count). The van der Waals surface area contributed by atoms with Crippen LogP contribution >= 0.6 is 0 Å². The molecule has 0 spiro atoms. The van der Waals surface area contributed by atoms with Crippen molar-refractivity contribution in [1.82, 2.24) is 20.2 Å². The van der Waals surface area contributed by atoms with Crippen molar-refractivity contribution < 1.29 is 14.7 Å². The number of amides is 2. The molecule has 0 atom stereocenters. The number of urea groups is 1. The van der Waals surface area contributed by atoms with E-state index in [-0.39, 0.29) is 11.7 Å². The Bertz CT molecular complexity index is 534. The van der Waals surface area contributed by atoms with Gasteiger partial charge in [-0.3, -0.25) is 0 Å². The van der Waals surface area contributed by atoms with Gasteiger partial charge in [0.15, 0.2) is 0 Å². The van der Waals surface area contributed by atoms with E-state index in [1.165, 1.54) is 6.20 Å². The van der Waals surface area contributed by atoms with Crippen LogP contribution in [0.5, 0.6) is 0 Å². The number of H-pyrrole nitrogens is 1. The lowest BCUT2D eigenvalue weighted by Gasteiger charge is -2.41. The molecular weight excluding hydrogens is 272 g/mol. The Morgan fingerprint density at radius 3 is 2.62 bits per heavy atom. The molecule has 7 heteroatoms. The van der Waals surface area contributed by atoms with Gasteiger partial charge in [-0.05, 0) is 25.2 Å². The lowest BCUT2D eigenvalue weighted by Crippen LogP contribution is -2.55. The Morgan fingerprint density at radius 2 is 2.19 bits per heavy atom. The van der Waals surface area contributed by atoms with Crippen molar-refractivity contribution in [2.24, 2.45) is 5.92 Å². The molecule has 116 valence electrons. The van der Waals surface area contributed by atoms with Crippen LogP contribution in [0.4, 0.5) is 4.79 Å². The summed E-state index contributed by atoms with van der Waals surface area (Å²) < 4.78 is 0. The highest BCUT2D eigenvalue weighted by atomic mass is 16.4. The summed E-state index contributed by atoms with van der Waals surface area (Å²) in [7, 11) is 1.76. The normalized spacial score (nSPS) is 16.4. The number of aromatic carboxylic acids is 1. The van der Waals surface area contributed by atoms with Crippen LogP contribution < -0.4 is 5.32 Å². The number of carbonyl (C=O) groups excluding carboxylic acids is 1. The first-order valence-corrected chi connectivity index (χ1v) is 7.16. The van der Waals surface area contributed by atoms with Crippen molar-refractivity contribution in [2.45, 2.75) is 38.6 Å². The Morgan fingerprint density at radius 1 is 1.52 bits per heavy atom. The predicted molar refractivity (Wildman–Crippen MR) is 77.1 cm³/mol. The summed E-state index contributed by atoms with van der Waals surface area (Å²) in [5, 5.41) is 12.0. The van der Waals surface area contributed by atoms with Gasteiger partial charge in [0.1, 0.15) is 11.5 Å². The lowest BCUT2D eigenvalue weighted by atomic mass is 9.76. The number of carboxylic acids is 1. The molecule has 2 amide bonds. The Hall–Kier alpha value is -2.05. The van der Waals surface area contributed by atoms with E-state index in [0.717, 1.165) is 19.3 Å². The van der Waals surface area contributed by atoms with Crippen LogP contribution in [0.3, 0.4) is 0 Å². The van der Waals surface area contributed by atoms with Gasteiger partial charge < -0.3 is 20.3 Å². The topological polar surface area (TPSA) is 98.3 Å². The van der Waals surface area contributed by atoms with Crippen molar-refractivity contribution in [3.8, 4) is 0 Å². The SMILES string of the molecule is CC(C)CN(C)C(=O)NC1(c2ncc(C(=O)O)[nH]2)CCC1. The van der Waals surface area contributed by atoms with E-state index in [1.807, 2.05) is 0 Å². The highest BCUT2D eigenvalue weighted by molar-refractivity contribution is 5.85. The van der Waals surface area contributed by atoms with Gasteiger partial charge in [-0.15, -0.1) is 0 Å². The third kappa shape index (κ3) is 3.17. The number of nitrogens with zero attached hydrogens (tertiary/aromatic N) is 2. The molecule has 1 saturated carbocycles. The van der Waals surface area contributed by atoms with Gasteiger partial charge in [-0.1, -0.05) is 13.8 Å². The van der Waals surface area contributed by atoms with E-state index in [9.17, 15) is 9.59 Å². The first-order valence-electron chi connectivity index (χ1n) is 7.16. The monoisotopic (exact) mass is 294 g/mol. The molecule has 0 unspecified atom stereocenters. The molecule has 21 heavy (non-hydrogen) atoms. The number of imidazole rings is 1. The first-order chi connectivity index (χ1) is 9.84. The number of nitrogens with one attached hydrogen (secondary N) is 2. The number of rotatable bonds is 5. The second-order valence-corrected chi connectivity index (χ2v) is 6.09. The smallest absolute Gasteiger partial charge is 0.353 e. The molecule has 1 aliphatic carbocycles. The van der Waals surface area contributed by atoms with E-state index >= 15 is 0 Å². The third-order valence-corrected chi connectivity index (χ3v) is 3.80. The zero-order valence-corrected chi connectivity index (χ0v) is 12.6. The first kappa shape index (κ1) is 15.3. The summed E-state index contributed by atoms with van der Waals surface area (Å²) in [6.45, 7) is 4.77. The fraction of sp³-hybridized carbons (Fsp3) is 0.643. The largest absolute Gasteiger partial charge is 0.477 e. The number of hydrogen-bond acceptors (Lipinski definition) is 3. The minimum Gasteiger partial charge on any atom is -0.477 e. The molecule has 0 aromatic carbocycles. The van der Waals surface area contributed by atoms with Crippen molar-refractivity contribution in [2.75, 3.05) is 13.6 Å². The van der Waals surface area contributed by atoms with Crippen molar-refractivity contribution in [1.29, 1.82) is 0 Å². The lowest BCUT2D eigenvalue weighted by molar-refractivity contribution is 0.0690.